The highest BCUT2D eigenvalue weighted by Crippen LogP contribution is 2.27. The number of aromatic hydroxyl groups is 1. The van der Waals surface area contributed by atoms with Gasteiger partial charge in [0.1, 0.15) is 5.75 Å². The fourth-order valence-corrected chi connectivity index (χ4v) is 2.06. The average Bonchev–Trinajstić information content (AvgIpc) is 2.83. The van der Waals surface area contributed by atoms with Crippen molar-refractivity contribution >= 4 is 11.6 Å². The second-order valence-corrected chi connectivity index (χ2v) is 4.51. The number of hydrogen-bond donors (Lipinski definition) is 3. The van der Waals surface area contributed by atoms with Crippen LogP contribution in [-0.2, 0) is 9.53 Å². The van der Waals surface area contributed by atoms with Crippen LogP contribution in [0.2, 0.25) is 0 Å². The standard InChI is InChI=1S/C13H18N2O3/c1-8-4-3-5-10(12(8)16)15-13(17)11-6-9(18-2)7-14-11/h3-5,9,11,14,16H,6-7H2,1-2H3,(H,15,17). The smallest absolute Gasteiger partial charge is 0.241 e. The Morgan fingerprint density at radius 3 is 3.00 bits per heavy atom. The second-order valence-electron chi connectivity index (χ2n) is 4.51. The van der Waals surface area contributed by atoms with E-state index in [1.165, 1.54) is 0 Å². The Hall–Kier alpha value is -1.59. The number of para-hydroxylation sites is 1. The second kappa shape index (κ2) is 5.37. The number of ether oxygens (including phenoxy) is 1. The van der Waals surface area contributed by atoms with Gasteiger partial charge in [0.05, 0.1) is 17.8 Å². The van der Waals surface area contributed by atoms with Crippen LogP contribution in [0, 0.1) is 6.92 Å². The molecular weight excluding hydrogens is 232 g/mol. The lowest BCUT2D eigenvalue weighted by atomic mass is 10.1. The van der Waals surface area contributed by atoms with Gasteiger partial charge in [0.25, 0.3) is 0 Å². The van der Waals surface area contributed by atoms with Crippen molar-refractivity contribution in [1.29, 1.82) is 0 Å². The summed E-state index contributed by atoms with van der Waals surface area (Å²) in [6, 6.07) is 5.00. The number of hydrogen-bond acceptors (Lipinski definition) is 4. The SMILES string of the molecule is COC1CNC(C(=O)Nc2cccc(C)c2O)C1. The van der Waals surface area contributed by atoms with E-state index in [2.05, 4.69) is 10.6 Å². The lowest BCUT2D eigenvalue weighted by Gasteiger charge is -2.13. The fraction of sp³-hybridized carbons (Fsp3) is 0.462. The van der Waals surface area contributed by atoms with E-state index in [1.807, 2.05) is 0 Å². The summed E-state index contributed by atoms with van der Waals surface area (Å²) >= 11 is 0. The summed E-state index contributed by atoms with van der Waals surface area (Å²) in [7, 11) is 1.64. The normalized spacial score (nSPS) is 23.0. The maximum atomic E-state index is 12.0. The number of anilines is 1. The van der Waals surface area contributed by atoms with E-state index >= 15 is 0 Å². The van der Waals surface area contributed by atoms with E-state index < -0.39 is 0 Å². The highest BCUT2D eigenvalue weighted by molar-refractivity contribution is 5.96. The predicted octanol–water partition coefficient (Wildman–Crippen LogP) is 1.02. The van der Waals surface area contributed by atoms with Crippen molar-refractivity contribution in [2.45, 2.75) is 25.5 Å². The molecule has 3 N–H and O–H groups in total. The summed E-state index contributed by atoms with van der Waals surface area (Å²) in [6.45, 7) is 2.47. The molecule has 2 rings (SSSR count). The number of rotatable bonds is 3. The highest BCUT2D eigenvalue weighted by Gasteiger charge is 2.29. The summed E-state index contributed by atoms with van der Waals surface area (Å²) in [4.78, 5) is 12.0. The molecule has 18 heavy (non-hydrogen) atoms. The van der Waals surface area contributed by atoms with Crippen LogP contribution in [0.4, 0.5) is 5.69 Å². The first-order valence-corrected chi connectivity index (χ1v) is 5.97. The van der Waals surface area contributed by atoms with Crippen molar-refractivity contribution in [3.8, 4) is 5.75 Å². The number of amides is 1. The Bertz CT molecular complexity index is 448. The van der Waals surface area contributed by atoms with Gasteiger partial charge in [-0.05, 0) is 25.0 Å². The van der Waals surface area contributed by atoms with Crippen molar-refractivity contribution < 1.29 is 14.6 Å². The van der Waals surface area contributed by atoms with Gasteiger partial charge in [0, 0.05) is 13.7 Å². The van der Waals surface area contributed by atoms with Gasteiger partial charge in [-0.25, -0.2) is 0 Å². The molecule has 2 unspecified atom stereocenters. The third-order valence-electron chi connectivity index (χ3n) is 3.24. The zero-order chi connectivity index (χ0) is 13.1. The van der Waals surface area contributed by atoms with Gasteiger partial charge in [-0.1, -0.05) is 12.1 Å². The Labute approximate surface area is 106 Å². The first-order chi connectivity index (χ1) is 8.61. The monoisotopic (exact) mass is 250 g/mol. The number of carbonyl (C=O) groups is 1. The number of benzene rings is 1. The molecule has 1 heterocycles. The van der Waals surface area contributed by atoms with E-state index in [1.54, 1.807) is 32.2 Å². The van der Waals surface area contributed by atoms with Gasteiger partial charge in [-0.2, -0.15) is 0 Å². The third kappa shape index (κ3) is 2.63. The Morgan fingerprint density at radius 1 is 1.56 bits per heavy atom. The Kier molecular flexibility index (Phi) is 3.84. The van der Waals surface area contributed by atoms with Gasteiger partial charge in [-0.3, -0.25) is 4.79 Å². The number of carbonyl (C=O) groups excluding carboxylic acids is 1. The molecule has 1 fully saturated rings. The quantitative estimate of drug-likeness (QED) is 0.700. The van der Waals surface area contributed by atoms with Crippen LogP contribution in [0.3, 0.4) is 0 Å². The van der Waals surface area contributed by atoms with E-state index in [0.29, 0.717) is 18.7 Å². The largest absolute Gasteiger partial charge is 0.505 e. The van der Waals surface area contributed by atoms with Crippen LogP contribution in [0.5, 0.6) is 5.75 Å². The Balaban J connectivity index is 2.01. The number of phenols is 1. The van der Waals surface area contributed by atoms with Crippen molar-refractivity contribution in [2.24, 2.45) is 0 Å². The van der Waals surface area contributed by atoms with Crippen LogP contribution < -0.4 is 10.6 Å². The third-order valence-corrected chi connectivity index (χ3v) is 3.24. The summed E-state index contributed by atoms with van der Waals surface area (Å²) in [5, 5.41) is 15.7. The molecule has 1 aliphatic rings. The van der Waals surface area contributed by atoms with Gasteiger partial charge >= 0.3 is 0 Å². The van der Waals surface area contributed by atoms with Crippen LogP contribution in [-0.4, -0.2) is 36.8 Å². The minimum absolute atomic E-state index is 0.0758. The molecule has 1 amide bonds. The molecule has 0 radical (unpaired) electrons. The van der Waals surface area contributed by atoms with Crippen molar-refractivity contribution in [3.05, 3.63) is 23.8 Å². The molecule has 5 nitrogen and oxygen atoms in total. The molecule has 0 spiro atoms. The zero-order valence-electron chi connectivity index (χ0n) is 10.6. The molecule has 1 saturated heterocycles. The average molecular weight is 250 g/mol. The van der Waals surface area contributed by atoms with Crippen LogP contribution in [0.15, 0.2) is 18.2 Å². The van der Waals surface area contributed by atoms with E-state index in [4.69, 9.17) is 4.74 Å². The number of phenolic OH excluding ortho intramolecular Hbond substituents is 1. The van der Waals surface area contributed by atoms with E-state index in [0.717, 1.165) is 5.56 Å². The number of nitrogens with one attached hydrogen (secondary N) is 2. The number of aryl methyl sites for hydroxylation is 1. The molecule has 5 heteroatoms. The van der Waals surface area contributed by atoms with Crippen molar-refractivity contribution in [2.75, 3.05) is 19.0 Å². The topological polar surface area (TPSA) is 70.6 Å². The minimum atomic E-state index is -0.269. The predicted molar refractivity (Wildman–Crippen MR) is 68.7 cm³/mol. The van der Waals surface area contributed by atoms with E-state index in [-0.39, 0.29) is 23.8 Å². The zero-order valence-corrected chi connectivity index (χ0v) is 10.6. The summed E-state index contributed by atoms with van der Waals surface area (Å²) in [6.07, 6.45) is 0.724. The van der Waals surface area contributed by atoms with Gasteiger partial charge in [0.15, 0.2) is 0 Å². The van der Waals surface area contributed by atoms with Crippen LogP contribution in [0.25, 0.3) is 0 Å². The first kappa shape index (κ1) is 12.9. The molecule has 2 atom stereocenters. The maximum Gasteiger partial charge on any atom is 0.241 e. The highest BCUT2D eigenvalue weighted by atomic mass is 16.5. The molecule has 0 aromatic heterocycles. The van der Waals surface area contributed by atoms with Crippen molar-refractivity contribution in [3.63, 3.8) is 0 Å². The lowest BCUT2D eigenvalue weighted by molar-refractivity contribution is -0.118. The fourth-order valence-electron chi connectivity index (χ4n) is 2.06. The molecule has 1 aromatic rings. The summed E-state index contributed by atoms with van der Waals surface area (Å²) < 4.78 is 5.19. The maximum absolute atomic E-state index is 12.0. The minimum Gasteiger partial charge on any atom is -0.505 e. The number of methoxy groups -OCH3 is 1. The van der Waals surface area contributed by atoms with Crippen LogP contribution in [0.1, 0.15) is 12.0 Å². The lowest BCUT2D eigenvalue weighted by Crippen LogP contribution is -2.35. The van der Waals surface area contributed by atoms with E-state index in [9.17, 15) is 9.90 Å². The molecule has 1 aliphatic heterocycles. The Morgan fingerprint density at radius 2 is 2.33 bits per heavy atom. The van der Waals surface area contributed by atoms with Crippen molar-refractivity contribution in [1.82, 2.24) is 5.32 Å². The molecule has 0 bridgehead atoms. The summed E-state index contributed by atoms with van der Waals surface area (Å²) in [5.41, 5.74) is 1.18. The van der Waals surface area contributed by atoms with Crippen LogP contribution >= 0.6 is 0 Å². The van der Waals surface area contributed by atoms with Gasteiger partial charge in [-0.15, -0.1) is 0 Å². The molecule has 1 aromatic carbocycles. The van der Waals surface area contributed by atoms with Gasteiger partial charge in [0.2, 0.25) is 5.91 Å². The molecular formula is C13H18N2O3. The molecule has 0 aliphatic carbocycles. The molecule has 0 saturated carbocycles. The molecule has 98 valence electrons. The van der Waals surface area contributed by atoms with Gasteiger partial charge < -0.3 is 20.5 Å². The summed E-state index contributed by atoms with van der Waals surface area (Å²) in [5.74, 6) is -0.0254. The first-order valence-electron chi connectivity index (χ1n) is 5.97.